The quantitative estimate of drug-likeness (QED) is 0.101. The highest BCUT2D eigenvalue weighted by Crippen LogP contribution is 2.33. The lowest BCUT2D eigenvalue weighted by Gasteiger charge is -2.07. The Balaban J connectivity index is 0.000000145. The molecule has 0 N–H and O–H groups in total. The number of nitrogens with zero attached hydrogens (tertiary/aromatic N) is 6. The number of benzene rings is 8. The lowest BCUT2D eigenvalue weighted by Crippen LogP contribution is -1.99. The minimum Gasteiger partial charge on any atom is -0.497 e. The van der Waals surface area contributed by atoms with E-state index in [0.717, 1.165) is 99.7 Å². The summed E-state index contributed by atoms with van der Waals surface area (Å²) in [5, 5.41) is 24.1. The number of nitriles is 2. The molecule has 12 heteroatoms. The Hall–Kier alpha value is -10.2. The van der Waals surface area contributed by atoms with Crippen LogP contribution in [0, 0.1) is 55.1 Å². The van der Waals surface area contributed by atoms with Crippen LogP contribution in [0.25, 0.3) is 68.2 Å². The van der Waals surface area contributed by atoms with Gasteiger partial charge in [-0.05, 0) is 127 Å². The number of aromatic nitrogens is 4. The van der Waals surface area contributed by atoms with E-state index in [1.54, 1.807) is 26.4 Å². The highest BCUT2D eigenvalue weighted by Gasteiger charge is 2.14. The molecule has 0 spiro atoms. The van der Waals surface area contributed by atoms with Gasteiger partial charge in [-0.15, -0.1) is 0 Å². The molecule has 4 aromatic heterocycles. The van der Waals surface area contributed by atoms with E-state index in [0.29, 0.717) is 46.7 Å². The summed E-state index contributed by atoms with van der Waals surface area (Å²) in [7, 11) is 3.26. The number of aryl methyl sites for hydroxylation is 3. The molecule has 0 aliphatic carbocycles. The lowest BCUT2D eigenvalue weighted by molar-refractivity contribution is 0.397. The maximum atomic E-state index is 13.2. The third-order valence-electron chi connectivity index (χ3n) is 14.9. The largest absolute Gasteiger partial charge is 0.497 e. The van der Waals surface area contributed by atoms with Gasteiger partial charge in [0.1, 0.15) is 17.4 Å². The van der Waals surface area contributed by atoms with Crippen LogP contribution < -0.4 is 9.47 Å². The Bertz CT molecular complexity index is 4570. The normalized spacial score (nSPS) is 11.5. The fourth-order valence-electron chi connectivity index (χ4n) is 10.2. The molecular formula is C75H60Cl2F2N6O2. The molecule has 0 unspecified atom stereocenters. The van der Waals surface area contributed by atoms with Gasteiger partial charge in [0.25, 0.3) is 0 Å². The number of hydrogen-bond donors (Lipinski definition) is 0. The number of halogens is 4. The van der Waals surface area contributed by atoms with E-state index in [1.807, 2.05) is 166 Å². The van der Waals surface area contributed by atoms with Crippen LogP contribution in [-0.4, -0.2) is 32.9 Å². The van der Waals surface area contributed by atoms with Gasteiger partial charge in [0.2, 0.25) is 5.88 Å². The van der Waals surface area contributed by atoms with Crippen molar-refractivity contribution < 1.29 is 18.3 Å². The molecule has 0 saturated carbocycles. The van der Waals surface area contributed by atoms with Crippen molar-refractivity contribution in [3.63, 3.8) is 0 Å². The minimum atomic E-state index is -0.255. The molecular weight excluding hydrogens is 1130 g/mol. The first-order chi connectivity index (χ1) is 42.2. The van der Waals surface area contributed by atoms with Crippen LogP contribution >= 0.6 is 23.2 Å². The Labute approximate surface area is 515 Å². The second-order valence-corrected chi connectivity index (χ2v) is 22.0. The van der Waals surface area contributed by atoms with E-state index in [1.165, 1.54) is 29.8 Å². The third-order valence-corrected chi connectivity index (χ3v) is 15.3. The van der Waals surface area contributed by atoms with Crippen molar-refractivity contribution in [2.45, 2.75) is 40.4 Å². The summed E-state index contributed by atoms with van der Waals surface area (Å²) >= 11 is 12.5. The molecule has 4 heterocycles. The Kier molecular flexibility index (Phi) is 19.0. The van der Waals surface area contributed by atoms with E-state index in [-0.39, 0.29) is 11.6 Å². The SMILES string of the molecule is COc1ccc2c(/C=C(\C#N)c3ccc(C)cc3)cn(Cc3ccc(OC)nc3)c2c1.Cc1ccc(/C(C#N)=C/c2cn(Cc3ccc(F)cc3)c3cc(Cl)ccc23)cc1.Cc1ccc(/C=C/c2cn(Cc3ccc(F)cc3)c3cc(Cl)ccc23)cc1. The van der Waals surface area contributed by atoms with Crippen LogP contribution in [-0.2, 0) is 19.6 Å². The summed E-state index contributed by atoms with van der Waals surface area (Å²) in [4.78, 5) is 4.31. The molecule has 12 aromatic rings. The fourth-order valence-corrected chi connectivity index (χ4v) is 10.5. The Morgan fingerprint density at radius 3 is 1.32 bits per heavy atom. The summed E-state index contributed by atoms with van der Waals surface area (Å²) in [6, 6.07) is 63.6. The summed E-state index contributed by atoms with van der Waals surface area (Å²) in [6.45, 7) is 8.02. The lowest BCUT2D eigenvalue weighted by atomic mass is 10.0. The van der Waals surface area contributed by atoms with Crippen LogP contribution in [0.5, 0.6) is 11.6 Å². The average Bonchev–Trinajstić information content (AvgIpc) is 2.28. The molecule has 12 rings (SSSR count). The second kappa shape index (κ2) is 27.7. The first kappa shape index (κ1) is 59.9. The van der Waals surface area contributed by atoms with Crippen LogP contribution in [0.3, 0.4) is 0 Å². The molecule has 0 radical (unpaired) electrons. The molecule has 8 nitrogen and oxygen atoms in total. The zero-order chi connectivity index (χ0) is 61.0. The molecule has 0 amide bonds. The number of allylic oxidation sites excluding steroid dienone is 2. The highest BCUT2D eigenvalue weighted by atomic mass is 35.5. The van der Waals surface area contributed by atoms with Gasteiger partial charge in [0.15, 0.2) is 0 Å². The Morgan fingerprint density at radius 1 is 0.471 bits per heavy atom. The first-order valence-corrected chi connectivity index (χ1v) is 28.8. The second-order valence-electron chi connectivity index (χ2n) is 21.1. The van der Waals surface area contributed by atoms with Gasteiger partial charge in [-0.1, -0.05) is 167 Å². The van der Waals surface area contributed by atoms with Crippen molar-refractivity contribution in [2.75, 3.05) is 14.2 Å². The number of ether oxygens (including phenoxy) is 2. The maximum Gasteiger partial charge on any atom is 0.212 e. The van der Waals surface area contributed by atoms with Crippen molar-refractivity contribution in [1.82, 2.24) is 18.7 Å². The van der Waals surface area contributed by atoms with E-state index >= 15 is 0 Å². The van der Waals surface area contributed by atoms with Gasteiger partial charge in [0, 0.05) is 99.4 Å². The summed E-state index contributed by atoms with van der Waals surface area (Å²) in [6.07, 6.45) is 16.1. The molecule has 0 aliphatic heterocycles. The van der Waals surface area contributed by atoms with Gasteiger partial charge in [-0.2, -0.15) is 10.5 Å². The van der Waals surface area contributed by atoms with Crippen LogP contribution in [0.15, 0.2) is 213 Å². The van der Waals surface area contributed by atoms with Crippen molar-refractivity contribution in [1.29, 1.82) is 10.5 Å². The fraction of sp³-hybridized carbons (Fsp3) is 0.107. The Morgan fingerprint density at radius 2 is 0.885 bits per heavy atom. The van der Waals surface area contributed by atoms with E-state index in [9.17, 15) is 19.3 Å². The van der Waals surface area contributed by atoms with Crippen molar-refractivity contribution in [3.8, 4) is 23.8 Å². The molecule has 0 bridgehead atoms. The predicted molar refractivity (Wildman–Crippen MR) is 353 cm³/mol. The van der Waals surface area contributed by atoms with Crippen LogP contribution in [0.1, 0.15) is 66.8 Å². The number of methoxy groups -OCH3 is 2. The summed E-state index contributed by atoms with van der Waals surface area (Å²) in [5.41, 5.74) is 16.9. The van der Waals surface area contributed by atoms with Crippen LogP contribution in [0.4, 0.5) is 8.78 Å². The number of fused-ring (bicyclic) bond motifs is 3. The third kappa shape index (κ3) is 15.0. The van der Waals surface area contributed by atoms with Crippen molar-refractivity contribution >= 4 is 91.4 Å². The van der Waals surface area contributed by atoms with E-state index in [4.69, 9.17) is 32.7 Å². The number of hydrogen-bond acceptors (Lipinski definition) is 5. The molecule has 0 fully saturated rings. The molecule has 87 heavy (non-hydrogen) atoms. The van der Waals surface area contributed by atoms with Gasteiger partial charge in [-0.25, -0.2) is 13.8 Å². The molecule has 8 aromatic carbocycles. The smallest absolute Gasteiger partial charge is 0.212 e. The zero-order valence-electron chi connectivity index (χ0n) is 48.6. The summed E-state index contributed by atoms with van der Waals surface area (Å²) < 4.78 is 43.4. The average molecular weight is 1190 g/mol. The van der Waals surface area contributed by atoms with Crippen molar-refractivity contribution in [3.05, 3.63) is 301 Å². The van der Waals surface area contributed by atoms with E-state index in [2.05, 4.69) is 86.6 Å². The predicted octanol–water partition coefficient (Wildman–Crippen LogP) is 19.3. The zero-order valence-corrected chi connectivity index (χ0v) is 50.2. The number of pyridine rings is 1. The molecule has 0 saturated heterocycles. The number of rotatable bonds is 14. The summed E-state index contributed by atoms with van der Waals surface area (Å²) in [5.74, 6) is 0.896. The standard InChI is InChI=1S/C26H23N3O2.C25H18ClFN2.C24H19ClFN/c1-18-4-7-20(8-5-18)21(14-27)12-22-17-29(16-19-6-11-26(31-3)28-15-19)25-13-23(30-2)9-10-24(22)25;1-17-2-6-19(7-3-17)20(14-28)12-21-16-29(15-18-4-9-23(27)10-5-18)25-13-22(26)8-11-24(21)25;1-17-2-4-18(5-3-17)6-9-20-16-27(15-19-7-11-22(26)12-8-19)24-14-21(25)10-13-23(20)24/h4-13,15,17H,16H2,1-3H3;2-13,16H,15H2,1H3;2-14,16H,15H2,1H3/b21-12+;20-12+;9-6+. The highest BCUT2D eigenvalue weighted by molar-refractivity contribution is 6.31. The van der Waals surface area contributed by atoms with E-state index < -0.39 is 0 Å². The first-order valence-electron chi connectivity index (χ1n) is 28.1. The molecule has 0 aliphatic rings. The maximum absolute atomic E-state index is 13.2. The van der Waals surface area contributed by atoms with Crippen molar-refractivity contribution in [2.24, 2.45) is 0 Å². The van der Waals surface area contributed by atoms with Gasteiger partial charge in [0.05, 0.1) is 54.1 Å². The van der Waals surface area contributed by atoms with Gasteiger partial charge < -0.3 is 23.2 Å². The molecule has 430 valence electrons. The minimum absolute atomic E-state index is 0.221. The van der Waals surface area contributed by atoms with Gasteiger partial charge in [-0.3, -0.25) is 0 Å². The van der Waals surface area contributed by atoms with Gasteiger partial charge >= 0.3 is 0 Å². The monoisotopic (exact) mass is 1180 g/mol. The topological polar surface area (TPSA) is 93.7 Å². The molecule has 0 atom stereocenters. The van der Waals surface area contributed by atoms with Crippen LogP contribution in [0.2, 0.25) is 10.0 Å².